The van der Waals surface area contributed by atoms with E-state index in [0.29, 0.717) is 5.56 Å². The van der Waals surface area contributed by atoms with E-state index in [9.17, 15) is 0 Å². The van der Waals surface area contributed by atoms with Crippen LogP contribution in [0.3, 0.4) is 0 Å². The van der Waals surface area contributed by atoms with E-state index in [-0.39, 0.29) is 18.0 Å². The Morgan fingerprint density at radius 1 is 1.24 bits per heavy atom. The predicted octanol–water partition coefficient (Wildman–Crippen LogP) is -0.0873. The first-order valence-electron chi connectivity index (χ1n) is 4.81. The molecule has 0 aliphatic rings. The molecule has 0 aromatic heterocycles. The molecule has 7 heteroatoms. The molecule has 1 unspecified atom stereocenters. The van der Waals surface area contributed by atoms with Gasteiger partial charge in [-0.1, -0.05) is 40.6 Å². The monoisotopic (exact) mass is 238 g/mol. The summed E-state index contributed by atoms with van der Waals surface area (Å²) in [7, 11) is 0. The Morgan fingerprint density at radius 2 is 1.88 bits per heavy atom. The molecule has 0 heterocycles. The summed E-state index contributed by atoms with van der Waals surface area (Å²) in [5, 5.41) is 24.0. The van der Waals surface area contributed by atoms with Crippen LogP contribution in [0.2, 0.25) is 0 Å². The third kappa shape index (κ3) is 3.25. The van der Waals surface area contributed by atoms with Crippen LogP contribution >= 0.6 is 0 Å². The Bertz CT molecular complexity index is 405. The molecule has 0 bridgehead atoms. The van der Waals surface area contributed by atoms with Crippen molar-refractivity contribution in [2.75, 3.05) is 6.61 Å². The third-order valence-electron chi connectivity index (χ3n) is 2.12. The zero-order valence-corrected chi connectivity index (χ0v) is 9.02. The van der Waals surface area contributed by atoms with Gasteiger partial charge in [0, 0.05) is 5.56 Å². The van der Waals surface area contributed by atoms with E-state index < -0.39 is 6.04 Å². The van der Waals surface area contributed by atoms with E-state index in [0.717, 1.165) is 0 Å². The molecule has 0 aliphatic heterocycles. The quantitative estimate of drug-likeness (QED) is 0.324. The van der Waals surface area contributed by atoms with E-state index in [1.165, 1.54) is 0 Å². The standard InChI is InChI=1S/C10H14N4O3/c11-8(6-17-12)10(14-16)9(13-15)7-4-2-1-3-5-7/h1-5,8,15-16H,6,11-12H2. The minimum absolute atomic E-state index is 0.0100. The highest BCUT2D eigenvalue weighted by Gasteiger charge is 2.20. The number of rotatable bonds is 5. The summed E-state index contributed by atoms with van der Waals surface area (Å²) in [5.74, 6) is 4.88. The van der Waals surface area contributed by atoms with Gasteiger partial charge in [0.15, 0.2) is 0 Å². The smallest absolute Gasteiger partial charge is 0.136 e. The van der Waals surface area contributed by atoms with Gasteiger partial charge in [0.05, 0.1) is 12.6 Å². The molecule has 0 spiro atoms. The minimum Gasteiger partial charge on any atom is -0.411 e. The van der Waals surface area contributed by atoms with E-state index in [1.807, 2.05) is 0 Å². The molecule has 1 aromatic carbocycles. The number of nitrogens with zero attached hydrogens (tertiary/aromatic N) is 2. The van der Waals surface area contributed by atoms with Crippen LogP contribution < -0.4 is 11.6 Å². The SMILES string of the molecule is NOCC(N)C(=NO)C(=NO)c1ccccc1. The summed E-state index contributed by atoms with van der Waals surface area (Å²) in [6.45, 7) is -0.0642. The maximum absolute atomic E-state index is 8.97. The van der Waals surface area contributed by atoms with Crippen molar-refractivity contribution >= 4 is 11.4 Å². The predicted molar refractivity (Wildman–Crippen MR) is 62.1 cm³/mol. The van der Waals surface area contributed by atoms with Gasteiger partial charge in [0.25, 0.3) is 0 Å². The molecule has 6 N–H and O–H groups in total. The summed E-state index contributed by atoms with van der Waals surface area (Å²) in [5.41, 5.74) is 6.29. The van der Waals surface area contributed by atoms with Crippen LogP contribution in [0.25, 0.3) is 0 Å². The lowest BCUT2D eigenvalue weighted by molar-refractivity contribution is 0.136. The fraction of sp³-hybridized carbons (Fsp3) is 0.200. The summed E-state index contributed by atoms with van der Waals surface area (Å²) in [4.78, 5) is 4.36. The van der Waals surface area contributed by atoms with Gasteiger partial charge in [-0.15, -0.1) is 0 Å². The fourth-order valence-electron chi connectivity index (χ4n) is 1.33. The number of benzene rings is 1. The second-order valence-corrected chi connectivity index (χ2v) is 3.24. The van der Waals surface area contributed by atoms with Crippen molar-refractivity contribution in [2.24, 2.45) is 21.9 Å². The fourth-order valence-corrected chi connectivity index (χ4v) is 1.33. The average Bonchev–Trinajstić information content (AvgIpc) is 2.37. The Labute approximate surface area is 97.9 Å². The molecule has 1 atom stereocenters. The lowest BCUT2D eigenvalue weighted by atomic mass is 10.0. The Morgan fingerprint density at radius 3 is 2.35 bits per heavy atom. The van der Waals surface area contributed by atoms with Crippen LogP contribution in [0.15, 0.2) is 40.6 Å². The summed E-state index contributed by atoms with van der Waals surface area (Å²) >= 11 is 0. The molecule has 0 amide bonds. The lowest BCUT2D eigenvalue weighted by Crippen LogP contribution is -2.41. The average molecular weight is 238 g/mol. The van der Waals surface area contributed by atoms with Crippen molar-refractivity contribution in [1.29, 1.82) is 0 Å². The van der Waals surface area contributed by atoms with Gasteiger partial charge in [0.1, 0.15) is 11.4 Å². The van der Waals surface area contributed by atoms with Gasteiger partial charge in [0.2, 0.25) is 0 Å². The van der Waals surface area contributed by atoms with Gasteiger partial charge in [-0.25, -0.2) is 5.90 Å². The van der Waals surface area contributed by atoms with Crippen LogP contribution in [0, 0.1) is 0 Å². The minimum atomic E-state index is -0.795. The number of nitrogens with two attached hydrogens (primary N) is 2. The molecule has 1 aromatic rings. The van der Waals surface area contributed by atoms with Crippen LogP contribution in [0.5, 0.6) is 0 Å². The third-order valence-corrected chi connectivity index (χ3v) is 2.12. The topological polar surface area (TPSA) is 126 Å². The van der Waals surface area contributed by atoms with E-state index in [1.54, 1.807) is 30.3 Å². The first-order valence-corrected chi connectivity index (χ1v) is 4.81. The van der Waals surface area contributed by atoms with Crippen molar-refractivity contribution in [2.45, 2.75) is 6.04 Å². The molecule has 0 saturated heterocycles. The Kier molecular flexibility index (Phi) is 5.08. The molecule has 0 fully saturated rings. The number of hydrogen-bond donors (Lipinski definition) is 4. The van der Waals surface area contributed by atoms with E-state index >= 15 is 0 Å². The van der Waals surface area contributed by atoms with Crippen LogP contribution in [-0.4, -0.2) is 34.5 Å². The maximum Gasteiger partial charge on any atom is 0.136 e. The first kappa shape index (κ1) is 13.1. The van der Waals surface area contributed by atoms with Crippen molar-refractivity contribution < 1.29 is 15.3 Å². The van der Waals surface area contributed by atoms with Crippen molar-refractivity contribution in [1.82, 2.24) is 0 Å². The van der Waals surface area contributed by atoms with E-state index in [4.69, 9.17) is 22.0 Å². The highest BCUT2D eigenvalue weighted by Crippen LogP contribution is 2.05. The maximum atomic E-state index is 8.97. The normalized spacial score (nSPS) is 14.7. The number of oxime groups is 2. The van der Waals surface area contributed by atoms with Gasteiger partial charge in [-0.3, -0.25) is 0 Å². The van der Waals surface area contributed by atoms with Crippen molar-refractivity contribution in [3.8, 4) is 0 Å². The summed E-state index contributed by atoms with van der Waals surface area (Å²) in [6, 6.07) is 7.89. The molecule has 0 aliphatic carbocycles. The van der Waals surface area contributed by atoms with E-state index in [2.05, 4.69) is 15.1 Å². The van der Waals surface area contributed by atoms with Crippen LogP contribution in [0.4, 0.5) is 0 Å². The van der Waals surface area contributed by atoms with Gasteiger partial charge >= 0.3 is 0 Å². The molecule has 1 rings (SSSR count). The summed E-state index contributed by atoms with van der Waals surface area (Å²) < 4.78 is 0. The van der Waals surface area contributed by atoms with Crippen LogP contribution in [0.1, 0.15) is 5.56 Å². The van der Waals surface area contributed by atoms with Crippen molar-refractivity contribution in [3.05, 3.63) is 35.9 Å². The molecule has 17 heavy (non-hydrogen) atoms. The molecule has 0 radical (unpaired) electrons. The second-order valence-electron chi connectivity index (χ2n) is 3.24. The second kappa shape index (κ2) is 6.59. The molecule has 7 nitrogen and oxygen atoms in total. The van der Waals surface area contributed by atoms with Gasteiger partial charge in [-0.2, -0.15) is 0 Å². The molecule has 92 valence electrons. The molecule has 0 saturated carbocycles. The lowest BCUT2D eigenvalue weighted by Gasteiger charge is -2.13. The number of hydrogen-bond acceptors (Lipinski definition) is 7. The zero-order chi connectivity index (χ0) is 12.7. The molecular weight excluding hydrogens is 224 g/mol. The largest absolute Gasteiger partial charge is 0.411 e. The Balaban J connectivity index is 3.02. The van der Waals surface area contributed by atoms with Gasteiger partial charge < -0.3 is 21.0 Å². The first-order chi connectivity index (χ1) is 8.24. The Hall–Kier alpha value is -1.96. The van der Waals surface area contributed by atoms with Crippen molar-refractivity contribution in [3.63, 3.8) is 0 Å². The molecular formula is C10H14N4O3. The summed E-state index contributed by atoms with van der Waals surface area (Å²) in [6.07, 6.45) is 0. The van der Waals surface area contributed by atoms with Gasteiger partial charge in [-0.05, 0) is 0 Å². The van der Waals surface area contributed by atoms with Crippen LogP contribution in [-0.2, 0) is 4.84 Å². The highest BCUT2D eigenvalue weighted by atomic mass is 16.6. The zero-order valence-electron chi connectivity index (χ0n) is 9.02. The highest BCUT2D eigenvalue weighted by molar-refractivity contribution is 6.49.